The molecular formula is C17H16N2O3S. The quantitative estimate of drug-likeness (QED) is 0.937. The Morgan fingerprint density at radius 1 is 1.26 bits per heavy atom. The fourth-order valence-electron chi connectivity index (χ4n) is 2.37. The largest absolute Gasteiger partial charge is 0.497 e. The number of methoxy groups -OCH3 is 1. The summed E-state index contributed by atoms with van der Waals surface area (Å²) >= 11 is 1.50. The van der Waals surface area contributed by atoms with Crippen LogP contribution in [0.2, 0.25) is 0 Å². The molecule has 2 aromatic rings. The Balaban J connectivity index is 1.73. The van der Waals surface area contributed by atoms with Gasteiger partial charge >= 0.3 is 0 Å². The lowest BCUT2D eigenvalue weighted by Gasteiger charge is -2.28. The lowest BCUT2D eigenvalue weighted by atomic mass is 10.2. The molecule has 2 amide bonds. The van der Waals surface area contributed by atoms with E-state index in [1.807, 2.05) is 24.3 Å². The number of amides is 2. The van der Waals surface area contributed by atoms with Crippen LogP contribution in [0.1, 0.15) is 0 Å². The van der Waals surface area contributed by atoms with E-state index in [0.717, 1.165) is 10.6 Å². The third-order valence-corrected chi connectivity index (χ3v) is 4.51. The van der Waals surface area contributed by atoms with E-state index in [1.165, 1.54) is 16.7 Å². The van der Waals surface area contributed by atoms with E-state index in [1.54, 1.807) is 31.4 Å². The summed E-state index contributed by atoms with van der Waals surface area (Å²) in [4.78, 5) is 27.0. The molecule has 1 aliphatic rings. The maximum Gasteiger partial charge on any atom is 0.244 e. The number of carbonyl (C=O) groups excluding carboxylic acids is 2. The number of anilines is 2. The summed E-state index contributed by atoms with van der Waals surface area (Å²) in [5, 5.41) is 2.80. The van der Waals surface area contributed by atoms with Gasteiger partial charge in [-0.2, -0.15) is 0 Å². The summed E-state index contributed by atoms with van der Waals surface area (Å²) in [6.45, 7) is -0.00633. The third kappa shape index (κ3) is 3.48. The first-order valence-electron chi connectivity index (χ1n) is 7.13. The summed E-state index contributed by atoms with van der Waals surface area (Å²) in [5.41, 5.74) is 1.43. The molecule has 6 heteroatoms. The minimum absolute atomic E-state index is 0.00633. The van der Waals surface area contributed by atoms with Gasteiger partial charge in [0.25, 0.3) is 0 Å². The minimum Gasteiger partial charge on any atom is -0.497 e. The van der Waals surface area contributed by atoms with Crippen molar-refractivity contribution in [3.8, 4) is 5.75 Å². The third-order valence-electron chi connectivity index (χ3n) is 3.46. The molecule has 2 aromatic carbocycles. The Hall–Kier alpha value is -2.47. The molecule has 0 bridgehead atoms. The van der Waals surface area contributed by atoms with Crippen LogP contribution in [0.15, 0.2) is 53.4 Å². The van der Waals surface area contributed by atoms with Gasteiger partial charge in [0, 0.05) is 16.6 Å². The predicted molar refractivity (Wildman–Crippen MR) is 91.1 cm³/mol. The average molecular weight is 328 g/mol. The van der Waals surface area contributed by atoms with Gasteiger partial charge in [-0.3, -0.25) is 9.59 Å². The lowest BCUT2D eigenvalue weighted by Crippen LogP contribution is -2.41. The highest BCUT2D eigenvalue weighted by Gasteiger charge is 2.26. The van der Waals surface area contributed by atoms with Gasteiger partial charge in [-0.15, -0.1) is 11.8 Å². The minimum atomic E-state index is -0.242. The van der Waals surface area contributed by atoms with Crippen LogP contribution < -0.4 is 15.0 Å². The van der Waals surface area contributed by atoms with Crippen LogP contribution in [0.25, 0.3) is 0 Å². The second kappa shape index (κ2) is 6.75. The number of para-hydroxylation sites is 1. The summed E-state index contributed by atoms with van der Waals surface area (Å²) in [6, 6.07) is 14.7. The fourth-order valence-corrected chi connectivity index (χ4v) is 3.31. The zero-order chi connectivity index (χ0) is 16.2. The van der Waals surface area contributed by atoms with E-state index in [0.29, 0.717) is 17.2 Å². The van der Waals surface area contributed by atoms with Gasteiger partial charge in [0.05, 0.1) is 18.6 Å². The van der Waals surface area contributed by atoms with Gasteiger partial charge in [0.15, 0.2) is 0 Å². The van der Waals surface area contributed by atoms with Crippen molar-refractivity contribution in [2.24, 2.45) is 0 Å². The molecule has 5 nitrogen and oxygen atoms in total. The fraction of sp³-hybridized carbons (Fsp3) is 0.176. The first-order valence-corrected chi connectivity index (χ1v) is 8.12. The molecule has 0 aliphatic carbocycles. The van der Waals surface area contributed by atoms with E-state index in [9.17, 15) is 9.59 Å². The lowest BCUT2D eigenvalue weighted by molar-refractivity contribution is -0.120. The zero-order valence-electron chi connectivity index (χ0n) is 12.6. The molecule has 0 radical (unpaired) electrons. The zero-order valence-corrected chi connectivity index (χ0v) is 13.4. The standard InChI is InChI=1S/C17H16N2O3S/c1-22-13-6-4-5-12(9-13)18-16(20)10-19-14-7-2-3-8-15(14)23-11-17(19)21/h2-9H,10-11H2,1H3,(H,18,20). The number of carbonyl (C=O) groups is 2. The van der Waals surface area contributed by atoms with E-state index in [-0.39, 0.29) is 18.4 Å². The van der Waals surface area contributed by atoms with E-state index in [4.69, 9.17) is 4.74 Å². The second-order valence-electron chi connectivity index (χ2n) is 5.02. The molecule has 0 saturated heterocycles. The summed E-state index contributed by atoms with van der Waals surface area (Å²) in [6.07, 6.45) is 0. The molecule has 0 spiro atoms. The number of benzene rings is 2. The van der Waals surface area contributed by atoms with Crippen LogP contribution in [0.4, 0.5) is 11.4 Å². The maximum absolute atomic E-state index is 12.3. The van der Waals surface area contributed by atoms with Crippen molar-refractivity contribution in [1.29, 1.82) is 0 Å². The number of rotatable bonds is 4. The van der Waals surface area contributed by atoms with E-state index >= 15 is 0 Å². The molecule has 1 aliphatic heterocycles. The number of ether oxygens (including phenoxy) is 1. The highest BCUT2D eigenvalue weighted by Crippen LogP contribution is 2.34. The van der Waals surface area contributed by atoms with Crippen LogP contribution in [0, 0.1) is 0 Å². The predicted octanol–water partition coefficient (Wildman–Crippen LogP) is 2.77. The number of nitrogens with zero attached hydrogens (tertiary/aromatic N) is 1. The normalized spacial score (nSPS) is 13.4. The van der Waals surface area contributed by atoms with Crippen LogP contribution in [-0.4, -0.2) is 31.2 Å². The average Bonchev–Trinajstić information content (AvgIpc) is 2.57. The van der Waals surface area contributed by atoms with Gasteiger partial charge < -0.3 is 15.0 Å². The monoisotopic (exact) mass is 328 g/mol. The Labute approximate surface area is 138 Å². The Bertz CT molecular complexity index is 748. The van der Waals surface area contributed by atoms with Gasteiger partial charge in [0.2, 0.25) is 11.8 Å². The summed E-state index contributed by atoms with van der Waals surface area (Å²) < 4.78 is 5.13. The molecule has 1 N–H and O–H groups in total. The molecular weight excluding hydrogens is 312 g/mol. The highest BCUT2D eigenvalue weighted by molar-refractivity contribution is 8.00. The number of hydrogen-bond donors (Lipinski definition) is 1. The van der Waals surface area contributed by atoms with Gasteiger partial charge in [-0.05, 0) is 24.3 Å². The van der Waals surface area contributed by atoms with Crippen molar-refractivity contribution >= 4 is 35.0 Å². The highest BCUT2D eigenvalue weighted by atomic mass is 32.2. The molecule has 0 unspecified atom stereocenters. The number of hydrogen-bond acceptors (Lipinski definition) is 4. The molecule has 118 valence electrons. The Kier molecular flexibility index (Phi) is 4.52. The van der Waals surface area contributed by atoms with E-state index in [2.05, 4.69) is 5.32 Å². The molecule has 23 heavy (non-hydrogen) atoms. The topological polar surface area (TPSA) is 58.6 Å². The SMILES string of the molecule is COc1cccc(NC(=O)CN2C(=O)CSc3ccccc32)c1. The van der Waals surface area contributed by atoms with Crippen LogP contribution in [0.3, 0.4) is 0 Å². The van der Waals surface area contributed by atoms with Crippen LogP contribution in [-0.2, 0) is 9.59 Å². The molecule has 1 heterocycles. The van der Waals surface area contributed by atoms with Crippen molar-refractivity contribution < 1.29 is 14.3 Å². The van der Waals surface area contributed by atoms with Crippen LogP contribution in [0.5, 0.6) is 5.75 Å². The van der Waals surface area contributed by atoms with Crippen LogP contribution >= 0.6 is 11.8 Å². The Morgan fingerprint density at radius 3 is 2.91 bits per heavy atom. The van der Waals surface area contributed by atoms with Crippen molar-refractivity contribution in [2.75, 3.05) is 29.6 Å². The first kappa shape index (κ1) is 15.4. The molecule has 0 aromatic heterocycles. The summed E-state index contributed by atoms with van der Waals surface area (Å²) in [5.74, 6) is 0.713. The van der Waals surface area contributed by atoms with E-state index < -0.39 is 0 Å². The number of thioether (sulfide) groups is 1. The molecule has 3 rings (SSSR count). The smallest absolute Gasteiger partial charge is 0.244 e. The molecule has 0 atom stereocenters. The first-order chi connectivity index (χ1) is 11.2. The molecule has 0 saturated carbocycles. The van der Waals surface area contributed by atoms with Gasteiger partial charge in [0.1, 0.15) is 12.3 Å². The van der Waals surface area contributed by atoms with Crippen molar-refractivity contribution in [1.82, 2.24) is 0 Å². The Morgan fingerprint density at radius 2 is 2.09 bits per heavy atom. The molecule has 0 fully saturated rings. The van der Waals surface area contributed by atoms with Crippen molar-refractivity contribution in [3.63, 3.8) is 0 Å². The number of nitrogens with one attached hydrogen (secondary N) is 1. The van der Waals surface area contributed by atoms with Gasteiger partial charge in [-0.25, -0.2) is 0 Å². The second-order valence-corrected chi connectivity index (χ2v) is 6.03. The van der Waals surface area contributed by atoms with Crippen molar-refractivity contribution in [2.45, 2.75) is 4.90 Å². The summed E-state index contributed by atoms with van der Waals surface area (Å²) in [7, 11) is 1.57. The van der Waals surface area contributed by atoms with Crippen molar-refractivity contribution in [3.05, 3.63) is 48.5 Å². The van der Waals surface area contributed by atoms with Gasteiger partial charge in [-0.1, -0.05) is 18.2 Å². The number of fused-ring (bicyclic) bond motifs is 1. The maximum atomic E-state index is 12.3.